The van der Waals surface area contributed by atoms with Crippen LogP contribution in [0.2, 0.25) is 0 Å². The summed E-state index contributed by atoms with van der Waals surface area (Å²) in [5.41, 5.74) is 7.00. The summed E-state index contributed by atoms with van der Waals surface area (Å²) in [6.45, 7) is 13.4. The number of nitrogens with two attached hydrogens (primary N) is 1. The zero-order valence-electron chi connectivity index (χ0n) is 17.5. The number of halogens is 1. The number of nitrogens with zero attached hydrogens (tertiary/aromatic N) is 2. The molecule has 6 nitrogen and oxygen atoms in total. The monoisotopic (exact) mass is 502 g/mol. The normalized spacial score (nSPS) is 23.5. The first-order chi connectivity index (χ1) is 12.8. The predicted octanol–water partition coefficient (Wildman–Crippen LogP) is 3.95. The molecule has 28 heavy (non-hydrogen) atoms. The second kappa shape index (κ2) is 10.0. The largest absolute Gasteiger partial charge is 0.490 e. The number of aliphatic imine (C=N–C) groups is 1. The third kappa shape index (κ3) is 6.14. The minimum Gasteiger partial charge on any atom is -0.490 e. The number of hydrogen-bond donors (Lipinski definition) is 2. The summed E-state index contributed by atoms with van der Waals surface area (Å²) in [4.78, 5) is 7.17. The van der Waals surface area contributed by atoms with Gasteiger partial charge in [0.05, 0.1) is 19.8 Å². The van der Waals surface area contributed by atoms with Crippen LogP contribution in [0.3, 0.4) is 0 Å². The van der Waals surface area contributed by atoms with E-state index in [9.17, 15) is 0 Å². The molecule has 3 rings (SSSR count). The van der Waals surface area contributed by atoms with Crippen LogP contribution in [0.25, 0.3) is 0 Å². The van der Waals surface area contributed by atoms with Gasteiger partial charge in [0.25, 0.3) is 0 Å². The number of guanidine groups is 1. The number of ether oxygens (including phenoxy) is 2. The highest BCUT2D eigenvalue weighted by Gasteiger charge is 2.32. The molecule has 2 aliphatic heterocycles. The Morgan fingerprint density at radius 2 is 1.82 bits per heavy atom. The van der Waals surface area contributed by atoms with Crippen molar-refractivity contribution >= 4 is 35.6 Å². The fraction of sp³-hybridized carbons (Fsp3) is 0.667. The van der Waals surface area contributed by atoms with Crippen LogP contribution >= 0.6 is 24.0 Å². The second-order valence-electron chi connectivity index (χ2n) is 8.70. The molecule has 0 bridgehead atoms. The molecule has 0 aliphatic carbocycles. The summed E-state index contributed by atoms with van der Waals surface area (Å²) in [6, 6.07) is 5.77. The van der Waals surface area contributed by atoms with Gasteiger partial charge in [-0.15, -0.1) is 24.0 Å². The van der Waals surface area contributed by atoms with Crippen LogP contribution in [0.15, 0.2) is 23.2 Å². The summed E-state index contributed by atoms with van der Waals surface area (Å²) >= 11 is 0. The van der Waals surface area contributed by atoms with E-state index in [0.717, 1.165) is 48.5 Å². The molecule has 2 unspecified atom stereocenters. The number of piperidine rings is 1. The highest BCUT2D eigenvalue weighted by Crippen LogP contribution is 2.32. The van der Waals surface area contributed by atoms with Crippen LogP contribution in [0, 0.1) is 11.8 Å². The molecule has 0 spiro atoms. The number of hydrogen-bond acceptors (Lipinski definition) is 4. The highest BCUT2D eigenvalue weighted by atomic mass is 127. The van der Waals surface area contributed by atoms with E-state index < -0.39 is 0 Å². The van der Waals surface area contributed by atoms with E-state index >= 15 is 0 Å². The molecule has 0 radical (unpaired) electrons. The average molecular weight is 502 g/mol. The molecule has 2 heterocycles. The fourth-order valence-corrected chi connectivity index (χ4v) is 3.96. The van der Waals surface area contributed by atoms with Crippen LogP contribution in [-0.2, 0) is 0 Å². The number of nitrogens with one attached hydrogen (secondary N) is 1. The number of rotatable bonds is 4. The minimum absolute atomic E-state index is 0. The summed E-state index contributed by atoms with van der Waals surface area (Å²) in [5.74, 6) is 3.42. The van der Waals surface area contributed by atoms with Crippen molar-refractivity contribution in [3.05, 3.63) is 18.2 Å². The van der Waals surface area contributed by atoms with Crippen molar-refractivity contribution in [3.63, 3.8) is 0 Å². The molecule has 1 aromatic carbocycles. The van der Waals surface area contributed by atoms with Crippen LogP contribution in [0.4, 0.5) is 5.69 Å². The van der Waals surface area contributed by atoms with Crippen LogP contribution in [0.1, 0.15) is 40.5 Å². The van der Waals surface area contributed by atoms with Crippen molar-refractivity contribution < 1.29 is 9.47 Å². The molecule has 1 saturated heterocycles. The van der Waals surface area contributed by atoms with Crippen molar-refractivity contribution in [1.29, 1.82) is 0 Å². The SMILES string of the molecule is CC1CC(C)CN(C(C)(C)CN=C(N)Nc2ccc3c(c2)OCCCO3)C1.I. The smallest absolute Gasteiger partial charge is 0.193 e. The Hall–Kier alpha value is -1.22. The Morgan fingerprint density at radius 3 is 2.50 bits per heavy atom. The third-order valence-corrected chi connectivity index (χ3v) is 5.38. The van der Waals surface area contributed by atoms with Gasteiger partial charge in [-0.25, -0.2) is 0 Å². The number of anilines is 1. The van der Waals surface area contributed by atoms with Gasteiger partial charge in [0.15, 0.2) is 17.5 Å². The Balaban J connectivity index is 0.00000280. The quantitative estimate of drug-likeness (QED) is 0.371. The van der Waals surface area contributed by atoms with Gasteiger partial charge in [-0.05, 0) is 44.2 Å². The molecule has 1 aromatic rings. The Labute approximate surface area is 186 Å². The summed E-state index contributed by atoms with van der Waals surface area (Å²) in [6.07, 6.45) is 2.20. The molecule has 0 aromatic heterocycles. The van der Waals surface area contributed by atoms with Crippen LogP contribution < -0.4 is 20.5 Å². The molecule has 7 heteroatoms. The summed E-state index contributed by atoms with van der Waals surface area (Å²) in [5, 5.41) is 3.18. The lowest BCUT2D eigenvalue weighted by Gasteiger charge is -2.44. The first kappa shape index (κ1) is 23.1. The predicted molar refractivity (Wildman–Crippen MR) is 126 cm³/mol. The van der Waals surface area contributed by atoms with E-state index in [1.165, 1.54) is 6.42 Å². The van der Waals surface area contributed by atoms with Crippen molar-refractivity contribution in [2.45, 2.75) is 46.1 Å². The lowest BCUT2D eigenvalue weighted by molar-refractivity contribution is 0.0513. The molecule has 3 N–H and O–H groups in total. The Bertz CT molecular complexity index is 670. The fourth-order valence-electron chi connectivity index (χ4n) is 3.96. The Kier molecular flexibility index (Phi) is 8.24. The molecule has 2 aliphatic rings. The lowest BCUT2D eigenvalue weighted by Crippen LogP contribution is -2.52. The van der Waals surface area contributed by atoms with Gasteiger partial charge >= 0.3 is 0 Å². The Morgan fingerprint density at radius 1 is 1.18 bits per heavy atom. The van der Waals surface area contributed by atoms with E-state index in [1.54, 1.807) is 0 Å². The van der Waals surface area contributed by atoms with Crippen molar-refractivity contribution in [1.82, 2.24) is 4.90 Å². The topological polar surface area (TPSA) is 72.1 Å². The van der Waals surface area contributed by atoms with Gasteiger partial charge in [-0.1, -0.05) is 13.8 Å². The molecule has 0 amide bonds. The summed E-state index contributed by atoms with van der Waals surface area (Å²) in [7, 11) is 0. The van der Waals surface area contributed by atoms with Gasteiger partial charge in [-0.3, -0.25) is 9.89 Å². The zero-order valence-corrected chi connectivity index (χ0v) is 19.9. The minimum atomic E-state index is -0.0139. The lowest BCUT2D eigenvalue weighted by atomic mass is 9.88. The van der Waals surface area contributed by atoms with Gasteiger partial charge in [0, 0.05) is 36.8 Å². The average Bonchev–Trinajstić information content (AvgIpc) is 2.84. The van der Waals surface area contributed by atoms with E-state index in [0.29, 0.717) is 25.7 Å². The second-order valence-corrected chi connectivity index (χ2v) is 8.70. The number of likely N-dealkylation sites (tertiary alicyclic amines) is 1. The van der Waals surface area contributed by atoms with E-state index in [-0.39, 0.29) is 29.5 Å². The number of benzene rings is 1. The van der Waals surface area contributed by atoms with Crippen LogP contribution in [-0.4, -0.2) is 49.2 Å². The van der Waals surface area contributed by atoms with E-state index in [2.05, 4.69) is 42.9 Å². The maximum atomic E-state index is 6.15. The zero-order chi connectivity index (χ0) is 19.4. The molecular formula is C21H35IN4O2. The molecule has 0 saturated carbocycles. The van der Waals surface area contributed by atoms with Crippen LogP contribution in [0.5, 0.6) is 11.5 Å². The van der Waals surface area contributed by atoms with Crippen molar-refractivity contribution in [2.24, 2.45) is 22.6 Å². The van der Waals surface area contributed by atoms with Gasteiger partial charge < -0.3 is 20.5 Å². The van der Waals surface area contributed by atoms with Crippen molar-refractivity contribution in [3.8, 4) is 11.5 Å². The third-order valence-electron chi connectivity index (χ3n) is 5.38. The maximum absolute atomic E-state index is 6.15. The molecular weight excluding hydrogens is 467 g/mol. The van der Waals surface area contributed by atoms with E-state index in [4.69, 9.17) is 15.2 Å². The first-order valence-electron chi connectivity index (χ1n) is 10.0. The highest BCUT2D eigenvalue weighted by molar-refractivity contribution is 14.0. The molecule has 158 valence electrons. The maximum Gasteiger partial charge on any atom is 0.193 e. The molecule has 1 fully saturated rings. The van der Waals surface area contributed by atoms with Gasteiger partial charge in [0.2, 0.25) is 0 Å². The first-order valence-corrected chi connectivity index (χ1v) is 10.0. The van der Waals surface area contributed by atoms with E-state index in [1.807, 2.05) is 18.2 Å². The molecule has 2 atom stereocenters. The number of fused-ring (bicyclic) bond motifs is 1. The standard InChI is InChI=1S/C21H34N4O2.HI/c1-15-10-16(2)13-25(12-15)21(3,4)14-23-20(22)24-17-6-7-18-19(11-17)27-9-5-8-26-18;/h6-7,11,15-16H,5,8-10,12-14H2,1-4H3,(H3,22,23,24);1H. The van der Waals surface area contributed by atoms with Gasteiger partial charge in [-0.2, -0.15) is 0 Å². The summed E-state index contributed by atoms with van der Waals surface area (Å²) < 4.78 is 11.4. The van der Waals surface area contributed by atoms with Gasteiger partial charge in [0.1, 0.15) is 0 Å². The van der Waals surface area contributed by atoms with Crippen molar-refractivity contribution in [2.75, 3.05) is 38.2 Å².